The molecule has 0 radical (unpaired) electrons. The van der Waals surface area contributed by atoms with Crippen LogP contribution in [0.25, 0.3) is 0 Å². The van der Waals surface area contributed by atoms with Crippen LogP contribution < -0.4 is 5.32 Å². The topological polar surface area (TPSA) is 105 Å². The van der Waals surface area contributed by atoms with Crippen molar-refractivity contribution in [2.75, 3.05) is 17.3 Å². The van der Waals surface area contributed by atoms with Gasteiger partial charge in [0.05, 0.1) is 4.92 Å². The lowest BCUT2D eigenvalue weighted by atomic mass is 10.2. The Hall–Kier alpha value is -1.83. The third-order valence-corrected chi connectivity index (χ3v) is 3.14. The minimum atomic E-state index is -0.964. The summed E-state index contributed by atoms with van der Waals surface area (Å²) in [5.74, 6) is 0.100. The molecular weight excluding hydrogens is 270 g/mol. The Kier molecular flexibility index (Phi) is 5.56. The fourth-order valence-corrected chi connectivity index (χ4v) is 1.94. The smallest absolute Gasteiger partial charge is 0.326 e. The molecule has 2 N–H and O–H groups in total. The maximum Gasteiger partial charge on any atom is 0.326 e. The average Bonchev–Trinajstić information content (AvgIpc) is 2.35. The molecule has 8 heteroatoms. The molecule has 104 valence electrons. The van der Waals surface area contributed by atoms with E-state index < -0.39 is 16.9 Å². The molecule has 1 aromatic heterocycles. The number of anilines is 1. The fraction of sp³-hybridized carbons (Fsp3) is 0.455. The van der Waals surface area contributed by atoms with Gasteiger partial charge in [-0.15, -0.1) is 0 Å². The largest absolute Gasteiger partial charge is 0.480 e. The molecule has 0 saturated carbocycles. The molecule has 1 rings (SSSR count). The second-order valence-corrected chi connectivity index (χ2v) is 4.92. The highest BCUT2D eigenvalue weighted by molar-refractivity contribution is 7.98. The first-order valence-electron chi connectivity index (χ1n) is 5.55. The van der Waals surface area contributed by atoms with E-state index in [0.717, 1.165) is 6.20 Å². The zero-order valence-electron chi connectivity index (χ0n) is 10.6. The van der Waals surface area contributed by atoms with Crippen LogP contribution >= 0.6 is 11.8 Å². The number of aryl methyl sites for hydroxylation is 1. The number of carboxylic acids is 1. The second kappa shape index (κ2) is 6.93. The van der Waals surface area contributed by atoms with Gasteiger partial charge in [0.15, 0.2) is 0 Å². The van der Waals surface area contributed by atoms with Gasteiger partial charge < -0.3 is 10.4 Å². The summed E-state index contributed by atoms with van der Waals surface area (Å²) in [4.78, 5) is 25.0. The van der Waals surface area contributed by atoms with Crippen molar-refractivity contribution >= 4 is 29.2 Å². The van der Waals surface area contributed by atoms with Gasteiger partial charge >= 0.3 is 5.97 Å². The van der Waals surface area contributed by atoms with Gasteiger partial charge in [0.2, 0.25) is 0 Å². The summed E-state index contributed by atoms with van der Waals surface area (Å²) in [6.07, 6.45) is 3.46. The van der Waals surface area contributed by atoms with E-state index >= 15 is 0 Å². The molecule has 1 aromatic rings. The molecule has 0 saturated heterocycles. The highest BCUT2D eigenvalue weighted by Gasteiger charge is 2.19. The normalized spacial score (nSPS) is 11.9. The molecule has 0 amide bonds. The van der Waals surface area contributed by atoms with Crippen LogP contribution in [0.15, 0.2) is 12.3 Å². The lowest BCUT2D eigenvalue weighted by Crippen LogP contribution is -2.30. The summed E-state index contributed by atoms with van der Waals surface area (Å²) in [5.41, 5.74) is 0.434. The van der Waals surface area contributed by atoms with E-state index in [4.69, 9.17) is 5.11 Å². The number of nitrogens with one attached hydrogen (secondary N) is 1. The first-order chi connectivity index (χ1) is 8.95. The van der Waals surface area contributed by atoms with Crippen molar-refractivity contribution in [3.8, 4) is 0 Å². The van der Waals surface area contributed by atoms with Crippen LogP contribution in [0.4, 0.5) is 11.5 Å². The number of nitro groups is 1. The van der Waals surface area contributed by atoms with Gasteiger partial charge in [-0.25, -0.2) is 9.78 Å². The molecule has 0 aromatic carbocycles. The van der Waals surface area contributed by atoms with E-state index in [0.29, 0.717) is 23.6 Å². The van der Waals surface area contributed by atoms with E-state index in [1.54, 1.807) is 18.7 Å². The maximum absolute atomic E-state index is 11.1. The molecule has 0 bridgehead atoms. The molecule has 1 heterocycles. The number of thioether (sulfide) groups is 1. The number of carbonyl (C=O) groups is 1. The van der Waals surface area contributed by atoms with Gasteiger partial charge in [-0.1, -0.05) is 0 Å². The van der Waals surface area contributed by atoms with E-state index in [9.17, 15) is 14.9 Å². The second-order valence-electron chi connectivity index (χ2n) is 3.93. The Morgan fingerprint density at radius 2 is 2.37 bits per heavy atom. The van der Waals surface area contributed by atoms with Crippen molar-refractivity contribution in [1.29, 1.82) is 0 Å². The first-order valence-corrected chi connectivity index (χ1v) is 6.94. The Morgan fingerprint density at radius 3 is 2.84 bits per heavy atom. The summed E-state index contributed by atoms with van der Waals surface area (Å²) in [7, 11) is 0. The molecule has 0 spiro atoms. The van der Waals surface area contributed by atoms with Crippen molar-refractivity contribution in [3.63, 3.8) is 0 Å². The molecule has 19 heavy (non-hydrogen) atoms. The van der Waals surface area contributed by atoms with E-state index in [1.807, 2.05) is 6.26 Å². The minimum Gasteiger partial charge on any atom is -0.480 e. The number of aromatic nitrogens is 1. The lowest BCUT2D eigenvalue weighted by molar-refractivity contribution is -0.385. The van der Waals surface area contributed by atoms with Crippen LogP contribution in [0, 0.1) is 17.0 Å². The van der Waals surface area contributed by atoms with Gasteiger partial charge in [-0.3, -0.25) is 10.1 Å². The van der Waals surface area contributed by atoms with Crippen LogP contribution in [0.2, 0.25) is 0 Å². The zero-order chi connectivity index (χ0) is 14.4. The molecule has 0 aliphatic carbocycles. The summed E-state index contributed by atoms with van der Waals surface area (Å²) >= 11 is 1.56. The van der Waals surface area contributed by atoms with E-state index in [1.165, 1.54) is 6.07 Å². The molecule has 0 aliphatic heterocycles. The summed E-state index contributed by atoms with van der Waals surface area (Å²) < 4.78 is 0. The van der Waals surface area contributed by atoms with Crippen LogP contribution in [-0.4, -0.2) is 39.0 Å². The number of aliphatic carboxylic acids is 1. The van der Waals surface area contributed by atoms with Crippen LogP contribution in [0.5, 0.6) is 0 Å². The number of pyridine rings is 1. The Balaban J connectivity index is 2.84. The maximum atomic E-state index is 11.1. The Morgan fingerprint density at radius 1 is 1.68 bits per heavy atom. The number of hydrogen-bond acceptors (Lipinski definition) is 6. The van der Waals surface area contributed by atoms with Gasteiger partial charge in [-0.05, 0) is 30.9 Å². The van der Waals surface area contributed by atoms with Gasteiger partial charge in [0.1, 0.15) is 18.1 Å². The summed E-state index contributed by atoms with van der Waals surface area (Å²) in [6.45, 7) is 1.65. The molecule has 0 unspecified atom stereocenters. The van der Waals surface area contributed by atoms with Crippen LogP contribution in [0.3, 0.4) is 0 Å². The van der Waals surface area contributed by atoms with Crippen LogP contribution in [0.1, 0.15) is 12.0 Å². The molecule has 0 aliphatic rings. The van der Waals surface area contributed by atoms with Crippen molar-refractivity contribution in [1.82, 2.24) is 4.98 Å². The van der Waals surface area contributed by atoms with Gasteiger partial charge in [0.25, 0.3) is 5.69 Å². The zero-order valence-corrected chi connectivity index (χ0v) is 11.4. The molecule has 7 nitrogen and oxygen atoms in total. The lowest BCUT2D eigenvalue weighted by Gasteiger charge is -2.15. The standard InChI is InChI=1S/C11H15N3O4S/c1-7-5-8(14(17)18)6-12-10(7)13-9(11(15)16)3-4-19-2/h5-6,9H,3-4H2,1-2H3,(H,12,13)(H,15,16)/t9-/m1/s1. The Bertz CT molecular complexity index is 481. The number of hydrogen-bond donors (Lipinski definition) is 2. The van der Waals surface area contributed by atoms with Crippen molar-refractivity contribution in [3.05, 3.63) is 27.9 Å². The average molecular weight is 285 g/mol. The fourth-order valence-electron chi connectivity index (χ4n) is 1.47. The molecule has 1 atom stereocenters. The van der Waals surface area contributed by atoms with Gasteiger partial charge in [-0.2, -0.15) is 11.8 Å². The van der Waals surface area contributed by atoms with Crippen molar-refractivity contribution in [2.24, 2.45) is 0 Å². The third kappa shape index (κ3) is 4.40. The highest BCUT2D eigenvalue weighted by atomic mass is 32.2. The minimum absolute atomic E-state index is 0.112. The number of carboxylic acid groups (broad SMARTS) is 1. The number of nitrogens with zero attached hydrogens (tertiary/aromatic N) is 2. The van der Waals surface area contributed by atoms with Crippen molar-refractivity contribution < 1.29 is 14.8 Å². The monoisotopic (exact) mass is 285 g/mol. The molecule has 0 fully saturated rings. The third-order valence-electron chi connectivity index (χ3n) is 2.49. The highest BCUT2D eigenvalue weighted by Crippen LogP contribution is 2.19. The van der Waals surface area contributed by atoms with Crippen LogP contribution in [-0.2, 0) is 4.79 Å². The van der Waals surface area contributed by atoms with E-state index in [-0.39, 0.29) is 5.69 Å². The van der Waals surface area contributed by atoms with Crippen molar-refractivity contribution in [2.45, 2.75) is 19.4 Å². The summed E-state index contributed by atoms with van der Waals surface area (Å²) in [6, 6.07) is 0.614. The van der Waals surface area contributed by atoms with E-state index in [2.05, 4.69) is 10.3 Å². The summed E-state index contributed by atoms with van der Waals surface area (Å²) in [5, 5.41) is 22.5. The predicted molar refractivity (Wildman–Crippen MR) is 73.7 cm³/mol. The number of rotatable bonds is 7. The quantitative estimate of drug-likeness (QED) is 0.582. The SMILES string of the molecule is CSCC[C@@H](Nc1ncc([N+](=O)[O-])cc1C)C(=O)O. The first kappa shape index (κ1) is 15.2. The van der Waals surface area contributed by atoms with Gasteiger partial charge in [0, 0.05) is 6.07 Å². The Labute approximate surface area is 114 Å². The molecular formula is C11H15N3O4S. The predicted octanol–water partition coefficient (Wildman–Crippen LogP) is 1.92.